The summed E-state index contributed by atoms with van der Waals surface area (Å²) >= 11 is 0. The van der Waals surface area contributed by atoms with Crippen molar-refractivity contribution in [3.63, 3.8) is 0 Å². The van der Waals surface area contributed by atoms with Crippen molar-refractivity contribution < 1.29 is 5.11 Å². The quantitative estimate of drug-likeness (QED) is 0.679. The standard InChI is InChI=1S/C13H28N2O/c1-2-15(9-6-10-16)11-12-7-4-3-5-8-13(12)14/h12-13,16H,2-11,14H2,1H3. The molecule has 2 unspecified atom stereocenters. The zero-order valence-corrected chi connectivity index (χ0v) is 10.7. The topological polar surface area (TPSA) is 49.5 Å². The molecule has 0 aromatic heterocycles. The molecule has 1 saturated carbocycles. The highest BCUT2D eigenvalue weighted by Crippen LogP contribution is 2.23. The van der Waals surface area contributed by atoms with E-state index >= 15 is 0 Å². The molecule has 1 aliphatic rings. The molecule has 3 N–H and O–H groups in total. The van der Waals surface area contributed by atoms with E-state index in [0.717, 1.165) is 26.1 Å². The molecule has 0 heterocycles. The molecule has 3 heteroatoms. The zero-order chi connectivity index (χ0) is 11.8. The average Bonchev–Trinajstić information content (AvgIpc) is 2.50. The van der Waals surface area contributed by atoms with Gasteiger partial charge in [0.15, 0.2) is 0 Å². The molecule has 1 aliphatic carbocycles. The molecule has 96 valence electrons. The van der Waals surface area contributed by atoms with Crippen molar-refractivity contribution in [2.24, 2.45) is 11.7 Å². The lowest BCUT2D eigenvalue weighted by Gasteiger charge is -2.29. The average molecular weight is 228 g/mol. The van der Waals surface area contributed by atoms with Crippen molar-refractivity contribution in [3.05, 3.63) is 0 Å². The van der Waals surface area contributed by atoms with E-state index in [2.05, 4.69) is 11.8 Å². The molecule has 0 aromatic rings. The largest absolute Gasteiger partial charge is 0.396 e. The summed E-state index contributed by atoms with van der Waals surface area (Å²) in [5.74, 6) is 0.668. The molecule has 0 radical (unpaired) electrons. The predicted molar refractivity (Wildman–Crippen MR) is 68.4 cm³/mol. The highest BCUT2D eigenvalue weighted by atomic mass is 16.3. The smallest absolute Gasteiger partial charge is 0.0443 e. The summed E-state index contributed by atoms with van der Waals surface area (Å²) in [4.78, 5) is 2.44. The second-order valence-electron chi connectivity index (χ2n) is 5.03. The van der Waals surface area contributed by atoms with Gasteiger partial charge < -0.3 is 15.7 Å². The van der Waals surface area contributed by atoms with E-state index in [1.54, 1.807) is 0 Å². The Hall–Kier alpha value is -0.120. The maximum absolute atomic E-state index is 8.86. The summed E-state index contributed by atoms with van der Waals surface area (Å²) < 4.78 is 0. The number of aliphatic hydroxyl groups is 1. The summed E-state index contributed by atoms with van der Waals surface area (Å²) in [5, 5.41) is 8.86. The molecule has 3 nitrogen and oxygen atoms in total. The molecule has 0 aromatic carbocycles. The van der Waals surface area contributed by atoms with Crippen LogP contribution in [0.4, 0.5) is 0 Å². The van der Waals surface area contributed by atoms with Gasteiger partial charge in [0.1, 0.15) is 0 Å². The van der Waals surface area contributed by atoms with E-state index in [0.29, 0.717) is 18.6 Å². The molecular weight excluding hydrogens is 200 g/mol. The van der Waals surface area contributed by atoms with Gasteiger partial charge in [-0.25, -0.2) is 0 Å². The van der Waals surface area contributed by atoms with Gasteiger partial charge in [0, 0.05) is 25.7 Å². The molecule has 0 amide bonds. The first-order valence-corrected chi connectivity index (χ1v) is 6.86. The van der Waals surface area contributed by atoms with Crippen LogP contribution in [0.3, 0.4) is 0 Å². The fourth-order valence-corrected chi connectivity index (χ4v) is 2.64. The van der Waals surface area contributed by atoms with Crippen molar-refractivity contribution >= 4 is 0 Å². The van der Waals surface area contributed by atoms with Gasteiger partial charge in [0.2, 0.25) is 0 Å². The lowest BCUT2D eigenvalue weighted by atomic mass is 9.95. The Morgan fingerprint density at radius 3 is 2.69 bits per heavy atom. The zero-order valence-electron chi connectivity index (χ0n) is 10.7. The number of nitrogens with two attached hydrogens (primary N) is 1. The molecule has 0 bridgehead atoms. The minimum absolute atomic E-state index is 0.299. The van der Waals surface area contributed by atoms with Gasteiger partial charge in [-0.3, -0.25) is 0 Å². The molecule has 1 fully saturated rings. The Morgan fingerprint density at radius 2 is 2.00 bits per heavy atom. The van der Waals surface area contributed by atoms with Gasteiger partial charge in [-0.1, -0.05) is 26.2 Å². The van der Waals surface area contributed by atoms with Crippen LogP contribution in [-0.2, 0) is 0 Å². The normalized spacial score (nSPS) is 27.0. The van der Waals surface area contributed by atoms with Crippen LogP contribution in [0.2, 0.25) is 0 Å². The third kappa shape index (κ3) is 4.81. The Labute approximate surface area is 100 Å². The number of rotatable bonds is 6. The fraction of sp³-hybridized carbons (Fsp3) is 1.00. The minimum Gasteiger partial charge on any atom is -0.396 e. The first-order valence-electron chi connectivity index (χ1n) is 6.86. The van der Waals surface area contributed by atoms with E-state index in [1.165, 1.54) is 32.1 Å². The van der Waals surface area contributed by atoms with Crippen LogP contribution < -0.4 is 5.73 Å². The Bertz CT molecular complexity index is 175. The van der Waals surface area contributed by atoms with Gasteiger partial charge in [0.25, 0.3) is 0 Å². The van der Waals surface area contributed by atoms with Crippen LogP contribution in [0.15, 0.2) is 0 Å². The van der Waals surface area contributed by atoms with Crippen LogP contribution in [0.25, 0.3) is 0 Å². The van der Waals surface area contributed by atoms with Crippen molar-refractivity contribution in [1.82, 2.24) is 4.90 Å². The van der Waals surface area contributed by atoms with Crippen LogP contribution in [-0.4, -0.2) is 42.3 Å². The number of nitrogens with zero attached hydrogens (tertiary/aromatic N) is 1. The molecule has 16 heavy (non-hydrogen) atoms. The van der Waals surface area contributed by atoms with E-state index in [4.69, 9.17) is 10.8 Å². The Kier molecular flexibility index (Phi) is 7.01. The van der Waals surface area contributed by atoms with Gasteiger partial charge in [0.05, 0.1) is 0 Å². The predicted octanol–water partition coefficient (Wildman–Crippen LogP) is 1.60. The molecule has 1 rings (SSSR count). The summed E-state index contributed by atoms with van der Waals surface area (Å²) in [6, 6.07) is 0.394. The maximum atomic E-state index is 8.86. The molecule has 0 spiro atoms. The third-order valence-corrected chi connectivity index (χ3v) is 3.79. The second-order valence-corrected chi connectivity index (χ2v) is 5.03. The summed E-state index contributed by atoms with van der Waals surface area (Å²) in [7, 11) is 0. The highest BCUT2D eigenvalue weighted by Gasteiger charge is 2.22. The van der Waals surface area contributed by atoms with Gasteiger partial charge in [-0.2, -0.15) is 0 Å². The van der Waals surface area contributed by atoms with E-state index in [9.17, 15) is 0 Å². The fourth-order valence-electron chi connectivity index (χ4n) is 2.64. The summed E-state index contributed by atoms with van der Waals surface area (Å²) in [6.07, 6.45) is 7.37. The molecular formula is C13H28N2O. The first-order chi connectivity index (χ1) is 7.77. The van der Waals surface area contributed by atoms with Crippen LogP contribution >= 0.6 is 0 Å². The van der Waals surface area contributed by atoms with Crippen molar-refractivity contribution in [2.45, 2.75) is 51.5 Å². The van der Waals surface area contributed by atoms with Crippen molar-refractivity contribution in [2.75, 3.05) is 26.2 Å². The van der Waals surface area contributed by atoms with Gasteiger partial charge >= 0.3 is 0 Å². The molecule has 0 aliphatic heterocycles. The Morgan fingerprint density at radius 1 is 1.25 bits per heavy atom. The van der Waals surface area contributed by atoms with Crippen molar-refractivity contribution in [3.8, 4) is 0 Å². The summed E-state index contributed by atoms with van der Waals surface area (Å²) in [5.41, 5.74) is 6.23. The number of aliphatic hydroxyl groups excluding tert-OH is 1. The molecule has 0 saturated heterocycles. The van der Waals surface area contributed by atoms with Crippen molar-refractivity contribution in [1.29, 1.82) is 0 Å². The lowest BCUT2D eigenvalue weighted by Crippen LogP contribution is -2.39. The number of hydrogen-bond acceptors (Lipinski definition) is 3. The van der Waals surface area contributed by atoms with Gasteiger partial charge in [-0.15, -0.1) is 0 Å². The SMILES string of the molecule is CCN(CCCO)CC1CCCCCC1N. The van der Waals surface area contributed by atoms with E-state index in [1.807, 2.05) is 0 Å². The summed E-state index contributed by atoms with van der Waals surface area (Å²) in [6.45, 7) is 5.70. The monoisotopic (exact) mass is 228 g/mol. The first kappa shape index (κ1) is 13.9. The van der Waals surface area contributed by atoms with E-state index in [-0.39, 0.29) is 0 Å². The third-order valence-electron chi connectivity index (χ3n) is 3.79. The van der Waals surface area contributed by atoms with Crippen LogP contribution in [0, 0.1) is 5.92 Å². The van der Waals surface area contributed by atoms with E-state index < -0.39 is 0 Å². The second kappa shape index (κ2) is 8.04. The van der Waals surface area contributed by atoms with Crippen LogP contribution in [0.5, 0.6) is 0 Å². The lowest BCUT2D eigenvalue weighted by molar-refractivity contribution is 0.191. The number of hydrogen-bond donors (Lipinski definition) is 2. The Balaban J connectivity index is 2.35. The maximum Gasteiger partial charge on any atom is 0.0443 e. The van der Waals surface area contributed by atoms with Gasteiger partial charge in [-0.05, 0) is 31.7 Å². The van der Waals surface area contributed by atoms with Crippen LogP contribution in [0.1, 0.15) is 45.4 Å². The minimum atomic E-state index is 0.299. The highest BCUT2D eigenvalue weighted by molar-refractivity contribution is 4.79. The molecule has 2 atom stereocenters.